The van der Waals surface area contributed by atoms with Crippen LogP contribution in [-0.4, -0.2) is 33.8 Å². The molecule has 1 unspecified atom stereocenters. The number of likely N-dealkylation sites (tertiary alicyclic amines) is 1. The minimum atomic E-state index is -0.188. The van der Waals surface area contributed by atoms with Crippen LogP contribution >= 0.6 is 0 Å². The van der Waals surface area contributed by atoms with Gasteiger partial charge >= 0.3 is 0 Å². The molecule has 5 heteroatoms. The van der Waals surface area contributed by atoms with Crippen molar-refractivity contribution in [3.05, 3.63) is 99.5 Å². The summed E-state index contributed by atoms with van der Waals surface area (Å²) in [7, 11) is 0. The van der Waals surface area contributed by atoms with Crippen LogP contribution in [0.3, 0.4) is 0 Å². The highest BCUT2D eigenvalue weighted by Crippen LogP contribution is 2.28. The molecule has 5 rings (SSSR count). The van der Waals surface area contributed by atoms with E-state index >= 15 is 0 Å². The van der Waals surface area contributed by atoms with E-state index in [2.05, 4.69) is 29.2 Å². The molecule has 1 aromatic heterocycles. The number of nitrogens with zero attached hydrogens (tertiary/aromatic N) is 2. The van der Waals surface area contributed by atoms with Gasteiger partial charge in [-0.25, -0.2) is 0 Å². The summed E-state index contributed by atoms with van der Waals surface area (Å²) in [6.45, 7) is 3.04. The maximum atomic E-state index is 12.8. The Bertz CT molecular complexity index is 1180. The van der Waals surface area contributed by atoms with Gasteiger partial charge in [0, 0.05) is 37.6 Å². The number of aliphatic hydroxyl groups excluding tert-OH is 1. The number of ether oxygens (including phenoxy) is 1. The second-order valence-corrected chi connectivity index (χ2v) is 8.69. The first kappa shape index (κ1) is 20.7. The zero-order chi connectivity index (χ0) is 21.9. The predicted molar refractivity (Wildman–Crippen MR) is 126 cm³/mol. The molecule has 1 atom stereocenters. The Morgan fingerprint density at radius 2 is 1.88 bits per heavy atom. The fourth-order valence-corrected chi connectivity index (χ4v) is 4.56. The van der Waals surface area contributed by atoms with Crippen molar-refractivity contribution in [2.75, 3.05) is 13.1 Å². The van der Waals surface area contributed by atoms with E-state index < -0.39 is 0 Å². The van der Waals surface area contributed by atoms with Crippen LogP contribution in [-0.2, 0) is 19.6 Å². The number of rotatable bonds is 6. The minimum absolute atomic E-state index is 0.0746. The molecule has 3 aromatic rings. The summed E-state index contributed by atoms with van der Waals surface area (Å²) in [6.07, 6.45) is 6.34. The van der Waals surface area contributed by atoms with Crippen LogP contribution in [0, 0.1) is 0 Å². The third-order valence-electron chi connectivity index (χ3n) is 6.28. The largest absolute Gasteiger partial charge is 0.489 e. The van der Waals surface area contributed by atoms with Crippen molar-refractivity contribution >= 4 is 11.8 Å². The van der Waals surface area contributed by atoms with Crippen LogP contribution in [0.25, 0.3) is 11.8 Å². The van der Waals surface area contributed by atoms with E-state index in [9.17, 15) is 9.90 Å². The van der Waals surface area contributed by atoms with E-state index in [1.54, 1.807) is 10.6 Å². The Kier molecular flexibility index (Phi) is 5.93. The third kappa shape index (κ3) is 4.69. The normalized spacial score (nSPS) is 18.3. The zero-order valence-corrected chi connectivity index (χ0v) is 18.1. The summed E-state index contributed by atoms with van der Waals surface area (Å²) in [6, 6.07) is 19.9. The molecule has 5 nitrogen and oxygen atoms in total. The number of aryl methyl sites for hydroxylation is 1. The van der Waals surface area contributed by atoms with Crippen LogP contribution < -0.4 is 10.3 Å². The summed E-state index contributed by atoms with van der Waals surface area (Å²) in [5.41, 5.74) is 5.78. The first-order valence-corrected chi connectivity index (χ1v) is 11.3. The summed E-state index contributed by atoms with van der Waals surface area (Å²) in [4.78, 5) is 15.1. The number of benzene rings is 2. The van der Waals surface area contributed by atoms with E-state index in [0.29, 0.717) is 12.4 Å². The van der Waals surface area contributed by atoms with Crippen molar-refractivity contribution in [1.82, 2.24) is 9.47 Å². The van der Waals surface area contributed by atoms with Gasteiger partial charge in [-0.05, 0) is 53.7 Å². The summed E-state index contributed by atoms with van der Waals surface area (Å²) >= 11 is 0. The lowest BCUT2D eigenvalue weighted by atomic mass is 9.93. The smallest absolute Gasteiger partial charge is 0.258 e. The first-order valence-electron chi connectivity index (χ1n) is 11.3. The van der Waals surface area contributed by atoms with Crippen LogP contribution in [0.1, 0.15) is 35.1 Å². The molecule has 0 saturated carbocycles. The third-order valence-corrected chi connectivity index (χ3v) is 6.28. The van der Waals surface area contributed by atoms with Crippen molar-refractivity contribution in [3.63, 3.8) is 0 Å². The Balaban J connectivity index is 1.29. The number of fused-ring (bicyclic) bond motifs is 1. The van der Waals surface area contributed by atoms with Crippen molar-refractivity contribution in [2.24, 2.45) is 0 Å². The van der Waals surface area contributed by atoms with Gasteiger partial charge in [0.25, 0.3) is 5.56 Å². The molecule has 1 saturated heterocycles. The highest BCUT2D eigenvalue weighted by Gasteiger charge is 2.20. The topological polar surface area (TPSA) is 54.7 Å². The van der Waals surface area contributed by atoms with Gasteiger partial charge in [-0.15, -0.1) is 0 Å². The number of aromatic nitrogens is 1. The monoisotopic (exact) mass is 428 g/mol. The number of pyridine rings is 1. The van der Waals surface area contributed by atoms with E-state index in [1.807, 2.05) is 42.6 Å². The van der Waals surface area contributed by atoms with E-state index in [1.165, 1.54) is 16.7 Å². The van der Waals surface area contributed by atoms with Gasteiger partial charge < -0.3 is 9.84 Å². The first-order chi connectivity index (χ1) is 15.6. The van der Waals surface area contributed by atoms with Crippen molar-refractivity contribution < 1.29 is 9.84 Å². The van der Waals surface area contributed by atoms with Crippen LogP contribution in [0.5, 0.6) is 5.75 Å². The highest BCUT2D eigenvalue weighted by molar-refractivity contribution is 5.75. The molecule has 32 heavy (non-hydrogen) atoms. The highest BCUT2D eigenvalue weighted by atomic mass is 16.5. The molecule has 1 aliphatic heterocycles. The molecule has 1 N–H and O–H groups in total. The Labute approximate surface area is 188 Å². The molecular formula is C27H28N2O3. The van der Waals surface area contributed by atoms with Crippen LogP contribution in [0.15, 0.2) is 71.7 Å². The summed E-state index contributed by atoms with van der Waals surface area (Å²) in [5, 5.41) is 9.74. The van der Waals surface area contributed by atoms with Crippen LogP contribution in [0.2, 0.25) is 0 Å². The molecule has 164 valence electrons. The van der Waals surface area contributed by atoms with E-state index in [0.717, 1.165) is 50.2 Å². The van der Waals surface area contributed by atoms with Gasteiger partial charge in [0.05, 0.1) is 6.10 Å². The molecule has 2 heterocycles. The lowest BCUT2D eigenvalue weighted by Crippen LogP contribution is -2.22. The fourth-order valence-electron chi connectivity index (χ4n) is 4.56. The predicted octanol–water partition coefficient (Wildman–Crippen LogP) is 3.94. The van der Waals surface area contributed by atoms with Crippen LogP contribution in [0.4, 0.5) is 0 Å². The number of hydrogen-bond acceptors (Lipinski definition) is 4. The molecular weight excluding hydrogens is 400 g/mol. The fraction of sp³-hybridized carbons (Fsp3) is 0.296. The summed E-state index contributed by atoms with van der Waals surface area (Å²) < 4.78 is 7.51. The maximum absolute atomic E-state index is 12.8. The lowest BCUT2D eigenvalue weighted by molar-refractivity contribution is 0.175. The quantitative estimate of drug-likeness (QED) is 0.646. The number of β-amino-alcohol motifs (C(OH)–C–C–N with tert-alkyl or cyclic N) is 1. The molecule has 0 radical (unpaired) electrons. The van der Waals surface area contributed by atoms with Gasteiger partial charge in [-0.1, -0.05) is 48.5 Å². The SMILES string of the molecule is O=c1cc(OCc2ccccc2)ccn1C1=Cc2ccc(CN3CCC(O)C3)cc2CC1. The Morgan fingerprint density at radius 1 is 1.00 bits per heavy atom. The molecule has 2 aromatic carbocycles. The second kappa shape index (κ2) is 9.15. The van der Waals surface area contributed by atoms with Crippen molar-refractivity contribution in [2.45, 2.75) is 38.5 Å². The van der Waals surface area contributed by atoms with E-state index in [4.69, 9.17) is 4.74 Å². The molecule has 0 spiro atoms. The van der Waals surface area contributed by atoms with Crippen molar-refractivity contribution in [3.8, 4) is 5.75 Å². The average molecular weight is 429 g/mol. The number of allylic oxidation sites excluding steroid dienone is 1. The zero-order valence-electron chi connectivity index (χ0n) is 18.1. The van der Waals surface area contributed by atoms with E-state index in [-0.39, 0.29) is 11.7 Å². The van der Waals surface area contributed by atoms with Gasteiger partial charge in [0.2, 0.25) is 0 Å². The molecule has 0 amide bonds. The molecule has 1 fully saturated rings. The van der Waals surface area contributed by atoms with Gasteiger partial charge in [-0.2, -0.15) is 0 Å². The minimum Gasteiger partial charge on any atom is -0.489 e. The number of hydrogen-bond donors (Lipinski definition) is 1. The Morgan fingerprint density at radius 3 is 2.66 bits per heavy atom. The van der Waals surface area contributed by atoms with Gasteiger partial charge in [0.1, 0.15) is 12.4 Å². The average Bonchev–Trinajstić information content (AvgIpc) is 3.22. The number of aliphatic hydroxyl groups is 1. The molecule has 0 bridgehead atoms. The van der Waals surface area contributed by atoms with Gasteiger partial charge in [-0.3, -0.25) is 14.3 Å². The summed E-state index contributed by atoms with van der Waals surface area (Å²) in [5.74, 6) is 0.587. The Hall–Kier alpha value is -3.15. The molecule has 2 aliphatic rings. The van der Waals surface area contributed by atoms with Gasteiger partial charge in [0.15, 0.2) is 0 Å². The maximum Gasteiger partial charge on any atom is 0.258 e. The lowest BCUT2D eigenvalue weighted by Gasteiger charge is -2.21. The standard InChI is InChI=1S/C27H28N2O3/c30-25-10-12-28(18-25)17-21-6-7-23-15-24(9-8-22(23)14-21)29-13-11-26(16-27(29)31)32-19-20-4-2-1-3-5-20/h1-7,11,13-16,25,30H,8-10,12,17-19H2. The molecule has 1 aliphatic carbocycles. The second-order valence-electron chi connectivity index (χ2n) is 8.69. The van der Waals surface area contributed by atoms with Crippen molar-refractivity contribution in [1.29, 1.82) is 0 Å².